The molecule has 0 saturated carbocycles. The first-order chi connectivity index (χ1) is 16.6. The molecule has 3 heterocycles. The average Bonchev–Trinajstić information content (AvgIpc) is 3.52. The first kappa shape index (κ1) is 21.8. The smallest absolute Gasteiger partial charge is 0.331 e. The highest BCUT2D eigenvalue weighted by Gasteiger charge is 2.12. The normalized spacial score (nSPS) is 11.3. The molecule has 34 heavy (non-hydrogen) atoms. The van der Waals surface area contributed by atoms with Crippen molar-refractivity contribution in [3.63, 3.8) is 0 Å². The maximum atomic E-state index is 12.4. The number of halogens is 1. The molecule has 0 saturated heterocycles. The number of para-hydroxylation sites is 1. The number of benzene rings is 2. The van der Waals surface area contributed by atoms with E-state index in [1.807, 2.05) is 54.0 Å². The van der Waals surface area contributed by atoms with Gasteiger partial charge < -0.3 is 9.72 Å². The van der Waals surface area contributed by atoms with E-state index in [2.05, 4.69) is 9.97 Å². The second-order valence-electron chi connectivity index (χ2n) is 7.31. The minimum Gasteiger partial charge on any atom is -0.454 e. The van der Waals surface area contributed by atoms with E-state index in [4.69, 9.17) is 21.4 Å². The van der Waals surface area contributed by atoms with E-state index >= 15 is 0 Å². The zero-order chi connectivity index (χ0) is 23.5. The third kappa shape index (κ3) is 4.68. The molecule has 7 nitrogen and oxygen atoms in total. The van der Waals surface area contributed by atoms with E-state index in [1.165, 1.54) is 6.08 Å². The largest absolute Gasteiger partial charge is 0.454 e. The number of nitrogens with one attached hydrogen (secondary N) is 1. The van der Waals surface area contributed by atoms with Crippen LogP contribution in [-0.4, -0.2) is 25.7 Å². The van der Waals surface area contributed by atoms with Gasteiger partial charge in [-0.05, 0) is 47.9 Å². The second kappa shape index (κ2) is 9.46. The standard InChI is InChI=1S/C25H17ClN4O3S/c26-17-9-10-19-20(13-17)27-22(28-25(19)32)15-33-23(31)11-8-16-14-30(18-5-2-1-3-6-18)29-24(16)21-7-4-12-34-21/h1-14H,15H2,(H,27,28,32)/b11-8+. The number of thiophene rings is 1. The lowest BCUT2D eigenvalue weighted by molar-refractivity contribution is -0.139. The van der Waals surface area contributed by atoms with Gasteiger partial charge in [0.1, 0.15) is 18.1 Å². The van der Waals surface area contributed by atoms with Crippen LogP contribution in [0.5, 0.6) is 0 Å². The van der Waals surface area contributed by atoms with Gasteiger partial charge in [-0.2, -0.15) is 5.10 Å². The predicted octanol–water partition coefficient (Wildman–Crippen LogP) is 5.25. The van der Waals surface area contributed by atoms with Crippen molar-refractivity contribution in [2.24, 2.45) is 0 Å². The number of H-pyrrole nitrogens is 1. The van der Waals surface area contributed by atoms with Gasteiger partial charge >= 0.3 is 5.97 Å². The summed E-state index contributed by atoms with van der Waals surface area (Å²) in [5.74, 6) is -0.337. The van der Waals surface area contributed by atoms with Gasteiger partial charge in [0, 0.05) is 22.9 Å². The van der Waals surface area contributed by atoms with Gasteiger partial charge in [0.05, 0.1) is 21.5 Å². The second-order valence-corrected chi connectivity index (χ2v) is 8.69. The molecule has 3 aromatic heterocycles. The van der Waals surface area contributed by atoms with Crippen LogP contribution >= 0.6 is 22.9 Å². The van der Waals surface area contributed by atoms with E-state index in [9.17, 15) is 9.59 Å². The number of hydrogen-bond donors (Lipinski definition) is 1. The monoisotopic (exact) mass is 488 g/mol. The average molecular weight is 489 g/mol. The van der Waals surface area contributed by atoms with Crippen LogP contribution in [0.1, 0.15) is 11.4 Å². The summed E-state index contributed by atoms with van der Waals surface area (Å²) in [6.07, 6.45) is 4.86. The zero-order valence-electron chi connectivity index (χ0n) is 17.6. The van der Waals surface area contributed by atoms with Crippen LogP contribution in [0.25, 0.3) is 33.2 Å². The summed E-state index contributed by atoms with van der Waals surface area (Å²) in [5, 5.41) is 7.56. The molecule has 0 radical (unpaired) electrons. The summed E-state index contributed by atoms with van der Waals surface area (Å²) in [6.45, 7) is -0.179. The number of esters is 1. The summed E-state index contributed by atoms with van der Waals surface area (Å²) < 4.78 is 7.06. The van der Waals surface area contributed by atoms with Gasteiger partial charge in [-0.25, -0.2) is 14.5 Å². The van der Waals surface area contributed by atoms with Crippen molar-refractivity contribution in [1.29, 1.82) is 0 Å². The minimum atomic E-state index is -0.571. The maximum absolute atomic E-state index is 12.4. The first-order valence-corrected chi connectivity index (χ1v) is 11.5. The highest BCUT2D eigenvalue weighted by molar-refractivity contribution is 7.13. The molecule has 0 unspecified atom stereocenters. The lowest BCUT2D eigenvalue weighted by Gasteiger charge is -2.04. The van der Waals surface area contributed by atoms with Crippen molar-refractivity contribution in [1.82, 2.24) is 19.7 Å². The molecular weight excluding hydrogens is 472 g/mol. The lowest BCUT2D eigenvalue weighted by Crippen LogP contribution is -2.13. The lowest BCUT2D eigenvalue weighted by atomic mass is 10.2. The van der Waals surface area contributed by atoms with Crippen LogP contribution in [0.3, 0.4) is 0 Å². The molecule has 2 aromatic carbocycles. The quantitative estimate of drug-likeness (QED) is 0.260. The van der Waals surface area contributed by atoms with Gasteiger partial charge in [-0.15, -0.1) is 11.3 Å². The molecule has 0 aliphatic heterocycles. The van der Waals surface area contributed by atoms with Crippen LogP contribution in [-0.2, 0) is 16.1 Å². The number of carbonyl (C=O) groups excluding carboxylic acids is 1. The van der Waals surface area contributed by atoms with E-state index in [1.54, 1.807) is 40.3 Å². The number of ether oxygens (including phenoxy) is 1. The van der Waals surface area contributed by atoms with Crippen LogP contribution in [0.15, 0.2) is 83.1 Å². The Bertz CT molecular complexity index is 1560. The van der Waals surface area contributed by atoms with Crippen molar-refractivity contribution in [3.05, 3.63) is 105 Å². The highest BCUT2D eigenvalue weighted by Crippen LogP contribution is 2.28. The number of rotatable bonds is 6. The third-order valence-corrected chi connectivity index (χ3v) is 6.10. The maximum Gasteiger partial charge on any atom is 0.331 e. The SMILES string of the molecule is O=C(/C=C/c1cn(-c2ccccc2)nc1-c1cccs1)OCc1nc2cc(Cl)ccc2c(=O)[nH]1. The Morgan fingerprint density at radius 3 is 2.79 bits per heavy atom. The molecule has 5 rings (SSSR count). The third-order valence-electron chi connectivity index (χ3n) is 4.99. The highest BCUT2D eigenvalue weighted by atomic mass is 35.5. The van der Waals surface area contributed by atoms with Gasteiger partial charge in [0.15, 0.2) is 0 Å². The zero-order valence-corrected chi connectivity index (χ0v) is 19.2. The number of aromatic amines is 1. The number of nitrogens with zero attached hydrogens (tertiary/aromatic N) is 3. The van der Waals surface area contributed by atoms with E-state index in [0.29, 0.717) is 15.9 Å². The molecule has 0 amide bonds. The summed E-state index contributed by atoms with van der Waals surface area (Å²) in [4.78, 5) is 32.6. The fraction of sp³-hybridized carbons (Fsp3) is 0.0400. The topological polar surface area (TPSA) is 89.9 Å². The van der Waals surface area contributed by atoms with Crippen molar-refractivity contribution < 1.29 is 9.53 Å². The first-order valence-electron chi connectivity index (χ1n) is 10.3. The number of hydrogen-bond acceptors (Lipinski definition) is 6. The van der Waals surface area contributed by atoms with Crippen molar-refractivity contribution >= 4 is 45.9 Å². The fourth-order valence-electron chi connectivity index (χ4n) is 3.40. The molecule has 0 aliphatic carbocycles. The number of carbonyl (C=O) groups is 1. The number of fused-ring (bicyclic) bond motifs is 1. The summed E-state index contributed by atoms with van der Waals surface area (Å²) >= 11 is 7.55. The van der Waals surface area contributed by atoms with Crippen molar-refractivity contribution in [2.75, 3.05) is 0 Å². The van der Waals surface area contributed by atoms with Crippen LogP contribution in [0.2, 0.25) is 5.02 Å². The Morgan fingerprint density at radius 2 is 2.00 bits per heavy atom. The molecule has 0 fully saturated rings. The molecule has 168 valence electrons. The van der Waals surface area contributed by atoms with E-state index in [0.717, 1.165) is 21.8 Å². The van der Waals surface area contributed by atoms with Gasteiger partial charge in [-0.1, -0.05) is 35.9 Å². The fourth-order valence-corrected chi connectivity index (χ4v) is 4.30. The van der Waals surface area contributed by atoms with Gasteiger partial charge in [-0.3, -0.25) is 4.79 Å². The van der Waals surface area contributed by atoms with E-state index < -0.39 is 5.97 Å². The molecule has 0 bridgehead atoms. The molecular formula is C25H17ClN4O3S. The molecule has 1 N–H and O–H groups in total. The van der Waals surface area contributed by atoms with Gasteiger partial charge in [0.25, 0.3) is 5.56 Å². The van der Waals surface area contributed by atoms with E-state index in [-0.39, 0.29) is 18.0 Å². The Balaban J connectivity index is 1.35. The molecule has 0 spiro atoms. The Hall–Kier alpha value is -4.01. The Kier molecular flexibility index (Phi) is 6.07. The van der Waals surface area contributed by atoms with Crippen molar-refractivity contribution in [2.45, 2.75) is 6.61 Å². The van der Waals surface area contributed by atoms with Crippen molar-refractivity contribution in [3.8, 4) is 16.3 Å². The molecule has 9 heteroatoms. The molecule has 0 aliphatic rings. The van der Waals surface area contributed by atoms with Crippen LogP contribution in [0.4, 0.5) is 0 Å². The van der Waals surface area contributed by atoms with Gasteiger partial charge in [0.2, 0.25) is 0 Å². The van der Waals surface area contributed by atoms with Crippen LogP contribution < -0.4 is 5.56 Å². The molecule has 0 atom stereocenters. The number of aromatic nitrogens is 4. The Labute approximate surface area is 202 Å². The minimum absolute atomic E-state index is 0.179. The summed E-state index contributed by atoms with van der Waals surface area (Å²) in [6, 6.07) is 18.5. The predicted molar refractivity (Wildman–Crippen MR) is 133 cm³/mol. The molecule has 5 aromatic rings. The Morgan fingerprint density at radius 1 is 1.15 bits per heavy atom. The van der Waals surface area contributed by atoms with Crippen LogP contribution in [0, 0.1) is 0 Å². The summed E-state index contributed by atoms with van der Waals surface area (Å²) in [7, 11) is 0. The summed E-state index contributed by atoms with van der Waals surface area (Å²) in [5.41, 5.74) is 2.56.